The number of rotatable bonds is 7. The van der Waals surface area contributed by atoms with Gasteiger partial charge in [-0.15, -0.1) is 0 Å². The van der Waals surface area contributed by atoms with Gasteiger partial charge in [0.1, 0.15) is 6.10 Å². The summed E-state index contributed by atoms with van der Waals surface area (Å²) in [5.41, 5.74) is 1.34. The molecular weight excluding hydrogens is 410 g/mol. The summed E-state index contributed by atoms with van der Waals surface area (Å²) >= 11 is 6.03. The van der Waals surface area contributed by atoms with Crippen molar-refractivity contribution in [2.75, 3.05) is 13.1 Å². The van der Waals surface area contributed by atoms with Gasteiger partial charge in [-0.3, -0.25) is 9.69 Å². The Balaban J connectivity index is 1.75. The van der Waals surface area contributed by atoms with Gasteiger partial charge in [-0.25, -0.2) is 0 Å². The first-order valence-corrected chi connectivity index (χ1v) is 11.9. The summed E-state index contributed by atoms with van der Waals surface area (Å²) in [4.78, 5) is 14.0. The van der Waals surface area contributed by atoms with Crippen molar-refractivity contribution in [3.63, 3.8) is 0 Å². The van der Waals surface area contributed by atoms with E-state index in [1.54, 1.807) is 0 Å². The van der Waals surface area contributed by atoms with Crippen LogP contribution in [-0.2, 0) is 16.1 Å². The third-order valence-electron chi connectivity index (χ3n) is 7.36. The molecule has 0 heterocycles. The van der Waals surface area contributed by atoms with Crippen molar-refractivity contribution in [3.05, 3.63) is 52.9 Å². The molecule has 3 rings (SSSR count). The number of carbonyl (C=O) groups excluding carboxylic acids is 1. The van der Waals surface area contributed by atoms with Crippen LogP contribution in [0.25, 0.3) is 0 Å². The minimum atomic E-state index is -0.940. The summed E-state index contributed by atoms with van der Waals surface area (Å²) in [7, 11) is 0. The monoisotopic (exact) mass is 446 g/mol. The maximum absolute atomic E-state index is 11.7. The number of nitrogens with zero attached hydrogens (tertiary/aromatic N) is 1. The van der Waals surface area contributed by atoms with Crippen LogP contribution in [0.1, 0.15) is 53.0 Å². The van der Waals surface area contributed by atoms with Gasteiger partial charge in [0.25, 0.3) is 0 Å². The maximum Gasteiger partial charge on any atom is 0.303 e. The summed E-state index contributed by atoms with van der Waals surface area (Å²) in [5, 5.41) is 12.5. The lowest BCUT2D eigenvalue weighted by Crippen LogP contribution is -2.56. The van der Waals surface area contributed by atoms with Gasteiger partial charge in [0, 0.05) is 37.4 Å². The molecule has 0 bridgehead atoms. The lowest BCUT2D eigenvalue weighted by atomic mass is 9.57. The number of ether oxygens (including phenoxy) is 1. The minimum absolute atomic E-state index is 0.0484. The normalized spacial score (nSPS) is 31.7. The Morgan fingerprint density at radius 1 is 1.32 bits per heavy atom. The molecule has 1 unspecified atom stereocenters. The molecule has 0 amide bonds. The SMILES string of the molecule is CCN(Cc1ccc(Cl)cc1)CC(C)[C@@H]1CC[C@@H](C)[C@]2(O)[CH][C@@H](OC(C)=O)C(C)=C[C@H]12. The summed E-state index contributed by atoms with van der Waals surface area (Å²) in [6.07, 6.45) is 5.71. The van der Waals surface area contributed by atoms with Crippen LogP contribution in [0.3, 0.4) is 0 Å². The molecule has 2 aliphatic carbocycles. The van der Waals surface area contributed by atoms with Gasteiger partial charge in [0.15, 0.2) is 0 Å². The van der Waals surface area contributed by atoms with E-state index in [2.05, 4.69) is 43.9 Å². The standard InChI is InChI=1S/C26H37ClNO3/c1-6-28(16-21-8-10-22(27)11-9-21)15-18(3)23-12-7-19(4)26(30)14-25(31-20(5)29)17(2)13-24(23)26/h8-11,13-14,18-19,23-25,30H,6-7,12,15-16H2,1-5H3/t18?,19-,23+,24-,25-,26-/m1/s1. The first-order chi connectivity index (χ1) is 14.6. The van der Waals surface area contributed by atoms with Crippen LogP contribution in [0.15, 0.2) is 35.9 Å². The summed E-state index contributed by atoms with van der Waals surface area (Å²) in [6, 6.07) is 8.08. The Morgan fingerprint density at radius 3 is 2.61 bits per heavy atom. The first kappa shape index (κ1) is 24.3. The van der Waals surface area contributed by atoms with Crippen LogP contribution in [0, 0.1) is 30.1 Å². The molecule has 1 aromatic carbocycles. The number of halogens is 1. The smallest absolute Gasteiger partial charge is 0.303 e. The first-order valence-electron chi connectivity index (χ1n) is 11.5. The number of hydrogen-bond donors (Lipinski definition) is 1. The molecule has 1 N–H and O–H groups in total. The average Bonchev–Trinajstić information content (AvgIpc) is 2.71. The third-order valence-corrected chi connectivity index (χ3v) is 7.62. The van der Waals surface area contributed by atoms with Gasteiger partial charge in [-0.1, -0.05) is 50.6 Å². The van der Waals surface area contributed by atoms with Crippen molar-refractivity contribution in [2.24, 2.45) is 23.7 Å². The Hall–Kier alpha value is -1.36. The van der Waals surface area contributed by atoms with E-state index in [-0.39, 0.29) is 17.8 Å². The summed E-state index contributed by atoms with van der Waals surface area (Å²) in [5.74, 6) is 0.682. The van der Waals surface area contributed by atoms with Crippen molar-refractivity contribution in [1.82, 2.24) is 4.90 Å². The highest BCUT2D eigenvalue weighted by molar-refractivity contribution is 6.30. The van der Waals surface area contributed by atoms with E-state index in [1.807, 2.05) is 25.5 Å². The number of hydrogen-bond acceptors (Lipinski definition) is 4. The fourth-order valence-corrected chi connectivity index (χ4v) is 5.58. The van der Waals surface area contributed by atoms with E-state index in [1.165, 1.54) is 12.5 Å². The van der Waals surface area contributed by atoms with E-state index < -0.39 is 11.7 Å². The van der Waals surface area contributed by atoms with Crippen molar-refractivity contribution >= 4 is 17.6 Å². The second-order valence-electron chi connectivity index (χ2n) is 9.59. The molecule has 0 saturated heterocycles. The van der Waals surface area contributed by atoms with Gasteiger partial charge in [0.2, 0.25) is 0 Å². The Kier molecular flexibility index (Phi) is 7.88. The molecule has 1 radical (unpaired) electrons. The summed E-state index contributed by atoms with van der Waals surface area (Å²) < 4.78 is 5.48. The molecule has 1 saturated carbocycles. The van der Waals surface area contributed by atoms with Gasteiger partial charge in [0.05, 0.1) is 5.60 Å². The van der Waals surface area contributed by atoms with E-state index in [0.29, 0.717) is 11.8 Å². The lowest BCUT2D eigenvalue weighted by molar-refractivity contribution is -0.148. The largest absolute Gasteiger partial charge is 0.458 e. The Morgan fingerprint density at radius 2 is 2.00 bits per heavy atom. The van der Waals surface area contributed by atoms with Crippen LogP contribution < -0.4 is 0 Å². The summed E-state index contributed by atoms with van der Waals surface area (Å²) in [6.45, 7) is 12.9. The van der Waals surface area contributed by atoms with Gasteiger partial charge >= 0.3 is 5.97 Å². The Bertz CT molecular complexity index is 792. The zero-order chi connectivity index (χ0) is 22.8. The third kappa shape index (κ3) is 5.53. The predicted molar refractivity (Wildman–Crippen MR) is 126 cm³/mol. The fraction of sp³-hybridized carbons (Fsp3) is 0.615. The van der Waals surface area contributed by atoms with Crippen LogP contribution >= 0.6 is 11.6 Å². The van der Waals surface area contributed by atoms with Gasteiger partial charge in [-0.05, 0) is 67.3 Å². The molecule has 0 aliphatic heterocycles. The lowest BCUT2D eigenvalue weighted by Gasteiger charge is -2.53. The van der Waals surface area contributed by atoms with Crippen molar-refractivity contribution in [3.8, 4) is 0 Å². The number of aliphatic hydroxyl groups is 1. The molecular formula is C26H37ClNO3. The second kappa shape index (κ2) is 10.1. The minimum Gasteiger partial charge on any atom is -0.458 e. The van der Waals surface area contributed by atoms with Crippen LogP contribution in [0.4, 0.5) is 0 Å². The molecule has 1 fully saturated rings. The van der Waals surface area contributed by atoms with Crippen molar-refractivity contribution < 1.29 is 14.6 Å². The fourth-order valence-electron chi connectivity index (χ4n) is 5.45. The van der Waals surface area contributed by atoms with Crippen LogP contribution in [0.2, 0.25) is 5.02 Å². The number of carbonyl (C=O) groups is 1. The zero-order valence-corrected chi connectivity index (χ0v) is 20.2. The van der Waals surface area contributed by atoms with E-state index >= 15 is 0 Å². The molecule has 6 atom stereocenters. The van der Waals surface area contributed by atoms with E-state index in [0.717, 1.165) is 43.1 Å². The van der Waals surface area contributed by atoms with E-state index in [4.69, 9.17) is 16.3 Å². The van der Waals surface area contributed by atoms with Gasteiger partial charge < -0.3 is 9.84 Å². The molecule has 31 heavy (non-hydrogen) atoms. The Labute approximate surface area is 192 Å². The molecule has 2 aliphatic rings. The van der Waals surface area contributed by atoms with Crippen LogP contribution in [-0.4, -0.2) is 40.8 Å². The second-order valence-corrected chi connectivity index (χ2v) is 10.0. The highest BCUT2D eigenvalue weighted by Gasteiger charge is 2.53. The molecule has 5 heteroatoms. The number of benzene rings is 1. The number of fused-ring (bicyclic) bond motifs is 1. The molecule has 0 spiro atoms. The quantitative estimate of drug-likeness (QED) is 0.456. The molecule has 0 aromatic heterocycles. The van der Waals surface area contributed by atoms with Crippen molar-refractivity contribution in [1.29, 1.82) is 0 Å². The predicted octanol–water partition coefficient (Wildman–Crippen LogP) is 5.29. The number of esters is 1. The molecule has 1 aromatic rings. The topological polar surface area (TPSA) is 49.8 Å². The highest BCUT2D eigenvalue weighted by Crippen LogP contribution is 2.50. The van der Waals surface area contributed by atoms with E-state index in [9.17, 15) is 9.90 Å². The molecule has 171 valence electrons. The zero-order valence-electron chi connectivity index (χ0n) is 19.5. The average molecular weight is 447 g/mol. The highest BCUT2D eigenvalue weighted by atomic mass is 35.5. The van der Waals surface area contributed by atoms with Crippen LogP contribution in [0.5, 0.6) is 0 Å². The van der Waals surface area contributed by atoms with Gasteiger partial charge in [-0.2, -0.15) is 0 Å². The molecule has 4 nitrogen and oxygen atoms in total. The maximum atomic E-state index is 11.7. The van der Waals surface area contributed by atoms with Crippen molar-refractivity contribution in [2.45, 2.75) is 65.7 Å².